The summed E-state index contributed by atoms with van der Waals surface area (Å²) < 4.78 is 0. The number of nitrogens with zero attached hydrogens (tertiary/aromatic N) is 3. The van der Waals surface area contributed by atoms with E-state index in [-0.39, 0.29) is 46.7 Å². The van der Waals surface area contributed by atoms with Gasteiger partial charge in [0.25, 0.3) is 11.4 Å². The molecule has 10 nitrogen and oxygen atoms in total. The Balaban J connectivity index is 1.78. The van der Waals surface area contributed by atoms with E-state index in [1.165, 1.54) is 24.3 Å². The van der Waals surface area contributed by atoms with E-state index in [0.29, 0.717) is 10.6 Å². The fourth-order valence-corrected chi connectivity index (χ4v) is 4.06. The van der Waals surface area contributed by atoms with Gasteiger partial charge in [0.2, 0.25) is 5.91 Å². The number of aliphatic hydroxyl groups excluding tert-OH is 1. The Kier molecular flexibility index (Phi) is 9.19. The molecule has 2 N–H and O–H groups in total. The number of rotatable bonds is 10. The third kappa shape index (κ3) is 7.36. The topological polar surface area (TPSA) is 139 Å². The standard InChI is InChI=1S/C23H19Cl3N4O6/c24-16-5-1-14(2-6-16)11-28(12-21(31)15-3-7-17(8-4-15)29(33)34)13-22(32)27-23-19(25)9-18(30(35)36)10-20(23)26/h1-10,21,31H,11-13H2,(H,27,32)/t21-/m0/s1. The zero-order valence-electron chi connectivity index (χ0n) is 18.4. The minimum Gasteiger partial charge on any atom is -0.387 e. The van der Waals surface area contributed by atoms with Crippen molar-refractivity contribution in [3.05, 3.63) is 107 Å². The van der Waals surface area contributed by atoms with Crippen molar-refractivity contribution >= 4 is 57.8 Å². The third-order valence-electron chi connectivity index (χ3n) is 5.11. The summed E-state index contributed by atoms with van der Waals surface area (Å²) in [5, 5.41) is 35.5. The smallest absolute Gasteiger partial charge is 0.272 e. The lowest BCUT2D eigenvalue weighted by Crippen LogP contribution is -2.36. The summed E-state index contributed by atoms with van der Waals surface area (Å²) in [4.78, 5) is 35.2. The molecule has 0 saturated carbocycles. The summed E-state index contributed by atoms with van der Waals surface area (Å²) in [5.41, 5.74) is 0.841. The highest BCUT2D eigenvalue weighted by Crippen LogP contribution is 2.34. The lowest BCUT2D eigenvalue weighted by molar-refractivity contribution is -0.385. The van der Waals surface area contributed by atoms with Crippen molar-refractivity contribution in [2.45, 2.75) is 12.6 Å². The molecular formula is C23H19Cl3N4O6. The number of hydrogen-bond acceptors (Lipinski definition) is 7. The van der Waals surface area contributed by atoms with Crippen molar-refractivity contribution in [1.29, 1.82) is 0 Å². The second kappa shape index (κ2) is 12.1. The first-order chi connectivity index (χ1) is 17.0. The second-order valence-electron chi connectivity index (χ2n) is 7.75. The Bertz CT molecular complexity index is 1250. The zero-order chi connectivity index (χ0) is 26.4. The predicted octanol–water partition coefficient (Wildman–Crippen LogP) is 5.64. The molecular weight excluding hydrogens is 535 g/mol. The van der Waals surface area contributed by atoms with E-state index in [1.807, 2.05) is 0 Å². The summed E-state index contributed by atoms with van der Waals surface area (Å²) in [6, 6.07) is 14.5. The van der Waals surface area contributed by atoms with Gasteiger partial charge in [-0.15, -0.1) is 0 Å². The number of benzene rings is 3. The zero-order valence-corrected chi connectivity index (χ0v) is 20.7. The molecule has 36 heavy (non-hydrogen) atoms. The summed E-state index contributed by atoms with van der Waals surface area (Å²) in [6.07, 6.45) is -1.06. The number of hydrogen-bond donors (Lipinski definition) is 2. The van der Waals surface area contributed by atoms with E-state index in [2.05, 4.69) is 5.32 Å². The van der Waals surface area contributed by atoms with Gasteiger partial charge in [0.05, 0.1) is 38.2 Å². The van der Waals surface area contributed by atoms with Crippen LogP contribution in [0.15, 0.2) is 60.7 Å². The maximum Gasteiger partial charge on any atom is 0.272 e. The molecule has 0 aliphatic heterocycles. The lowest BCUT2D eigenvalue weighted by atomic mass is 10.1. The van der Waals surface area contributed by atoms with E-state index in [4.69, 9.17) is 34.8 Å². The van der Waals surface area contributed by atoms with E-state index >= 15 is 0 Å². The summed E-state index contributed by atoms with van der Waals surface area (Å²) in [5.74, 6) is -0.530. The van der Waals surface area contributed by atoms with Crippen LogP contribution in [0.2, 0.25) is 15.1 Å². The molecule has 3 aromatic carbocycles. The molecule has 188 valence electrons. The number of halogens is 3. The molecule has 13 heteroatoms. The Morgan fingerprint density at radius 3 is 2.00 bits per heavy atom. The number of non-ortho nitro benzene ring substituents is 2. The van der Waals surface area contributed by atoms with Crippen LogP contribution < -0.4 is 5.32 Å². The average Bonchev–Trinajstić information content (AvgIpc) is 2.82. The maximum atomic E-state index is 12.8. The SMILES string of the molecule is O=C(CN(Cc1ccc(Cl)cc1)C[C@H](O)c1ccc([N+](=O)[O-])cc1)Nc1c(Cl)cc([N+](=O)[O-])cc1Cl. The molecule has 3 aromatic rings. The van der Waals surface area contributed by atoms with E-state index < -0.39 is 21.9 Å². The maximum absolute atomic E-state index is 12.8. The van der Waals surface area contributed by atoms with Crippen molar-refractivity contribution in [3.8, 4) is 0 Å². The van der Waals surface area contributed by atoms with Crippen LogP contribution in [0.5, 0.6) is 0 Å². The van der Waals surface area contributed by atoms with Crippen LogP contribution in [-0.4, -0.2) is 38.8 Å². The van der Waals surface area contributed by atoms with Crippen molar-refractivity contribution in [2.75, 3.05) is 18.4 Å². The van der Waals surface area contributed by atoms with Crippen molar-refractivity contribution in [3.63, 3.8) is 0 Å². The molecule has 0 saturated heterocycles. The molecule has 0 bridgehead atoms. The van der Waals surface area contributed by atoms with Crippen molar-refractivity contribution in [2.24, 2.45) is 0 Å². The van der Waals surface area contributed by atoms with Crippen LogP contribution in [0.25, 0.3) is 0 Å². The molecule has 0 heterocycles. The Morgan fingerprint density at radius 1 is 0.917 bits per heavy atom. The second-order valence-corrected chi connectivity index (χ2v) is 9.00. The van der Waals surface area contributed by atoms with Crippen LogP contribution in [0.4, 0.5) is 17.1 Å². The highest BCUT2D eigenvalue weighted by atomic mass is 35.5. The van der Waals surface area contributed by atoms with Gasteiger partial charge < -0.3 is 10.4 Å². The number of aliphatic hydroxyl groups is 1. The molecule has 3 rings (SSSR count). The quantitative estimate of drug-likeness (QED) is 0.245. The first-order valence-corrected chi connectivity index (χ1v) is 11.5. The highest BCUT2D eigenvalue weighted by molar-refractivity contribution is 6.40. The van der Waals surface area contributed by atoms with Gasteiger partial charge >= 0.3 is 0 Å². The largest absolute Gasteiger partial charge is 0.387 e. The number of nitro groups is 2. The number of nitro benzene ring substituents is 2. The van der Waals surface area contributed by atoms with Gasteiger partial charge in [0.1, 0.15) is 0 Å². The van der Waals surface area contributed by atoms with E-state index in [1.54, 1.807) is 29.2 Å². The minimum atomic E-state index is -1.06. The van der Waals surface area contributed by atoms with Crippen LogP contribution in [-0.2, 0) is 11.3 Å². The van der Waals surface area contributed by atoms with Gasteiger partial charge in [-0.1, -0.05) is 46.9 Å². The first-order valence-electron chi connectivity index (χ1n) is 10.4. The molecule has 0 radical (unpaired) electrons. The van der Waals surface area contributed by atoms with Crippen LogP contribution >= 0.6 is 34.8 Å². The van der Waals surface area contributed by atoms with Crippen LogP contribution in [0.3, 0.4) is 0 Å². The first kappa shape index (κ1) is 27.3. The number of nitrogens with one attached hydrogen (secondary N) is 1. The minimum absolute atomic E-state index is 0.00951. The van der Waals surface area contributed by atoms with Gasteiger partial charge in [-0.2, -0.15) is 0 Å². The molecule has 0 unspecified atom stereocenters. The molecule has 0 fully saturated rings. The van der Waals surface area contributed by atoms with Gasteiger partial charge in [0, 0.05) is 42.4 Å². The Labute approximate surface area is 220 Å². The molecule has 1 amide bonds. The summed E-state index contributed by atoms with van der Waals surface area (Å²) in [6.45, 7) is 0.0717. The average molecular weight is 554 g/mol. The third-order valence-corrected chi connectivity index (χ3v) is 5.96. The highest BCUT2D eigenvalue weighted by Gasteiger charge is 2.21. The number of carbonyl (C=O) groups is 1. The molecule has 0 aromatic heterocycles. The van der Waals surface area contributed by atoms with Gasteiger partial charge in [-0.3, -0.25) is 29.9 Å². The molecule has 1 atom stereocenters. The number of carbonyl (C=O) groups excluding carboxylic acids is 1. The summed E-state index contributed by atoms with van der Waals surface area (Å²) in [7, 11) is 0. The number of anilines is 1. The normalized spacial score (nSPS) is 11.8. The monoisotopic (exact) mass is 552 g/mol. The number of amides is 1. The van der Waals surface area contributed by atoms with Gasteiger partial charge in [-0.25, -0.2) is 0 Å². The fourth-order valence-electron chi connectivity index (χ4n) is 3.37. The Hall–Kier alpha value is -3.28. The van der Waals surface area contributed by atoms with Crippen LogP contribution in [0, 0.1) is 20.2 Å². The molecule has 0 aliphatic rings. The summed E-state index contributed by atoms with van der Waals surface area (Å²) >= 11 is 18.1. The lowest BCUT2D eigenvalue weighted by Gasteiger charge is -2.25. The van der Waals surface area contributed by atoms with Crippen molar-refractivity contribution in [1.82, 2.24) is 4.90 Å². The van der Waals surface area contributed by atoms with Gasteiger partial charge in [-0.05, 0) is 35.4 Å². The Morgan fingerprint density at radius 2 is 1.47 bits per heavy atom. The molecule has 0 spiro atoms. The van der Waals surface area contributed by atoms with Crippen molar-refractivity contribution < 1.29 is 19.7 Å². The van der Waals surface area contributed by atoms with Gasteiger partial charge in [0.15, 0.2) is 0 Å². The van der Waals surface area contributed by atoms with E-state index in [9.17, 15) is 30.1 Å². The predicted molar refractivity (Wildman–Crippen MR) is 137 cm³/mol. The fraction of sp³-hybridized carbons (Fsp3) is 0.174. The van der Waals surface area contributed by atoms with Crippen LogP contribution in [0.1, 0.15) is 17.2 Å². The van der Waals surface area contributed by atoms with E-state index in [0.717, 1.165) is 17.7 Å². The molecule has 0 aliphatic carbocycles.